The molecular formula is C30H38SiZr. The molecule has 0 saturated carbocycles. The molecule has 0 fully saturated rings. The molecular weight excluding hydrogens is 480 g/mol. The van der Waals surface area contributed by atoms with Gasteiger partial charge in [0.25, 0.3) is 0 Å². The number of hydrogen-bond donors (Lipinski definition) is 0. The summed E-state index contributed by atoms with van der Waals surface area (Å²) < 4.78 is 1.51. The quantitative estimate of drug-likeness (QED) is 0.321. The van der Waals surface area contributed by atoms with E-state index in [0.717, 1.165) is 3.63 Å². The van der Waals surface area contributed by atoms with Crippen molar-refractivity contribution in [3.63, 3.8) is 0 Å². The zero-order chi connectivity index (χ0) is 22.8. The molecule has 0 radical (unpaired) electrons. The zero-order valence-corrected chi connectivity index (χ0v) is 24.2. The van der Waals surface area contributed by atoms with Gasteiger partial charge in [0.1, 0.15) is 0 Å². The number of benzene rings is 2. The Morgan fingerprint density at radius 2 is 1.31 bits per heavy atom. The molecule has 4 rings (SSSR count). The van der Waals surface area contributed by atoms with Gasteiger partial charge in [0.05, 0.1) is 0 Å². The van der Waals surface area contributed by atoms with Gasteiger partial charge in [0.2, 0.25) is 0 Å². The van der Waals surface area contributed by atoms with Crippen LogP contribution in [0.1, 0.15) is 74.7 Å². The van der Waals surface area contributed by atoms with Crippen LogP contribution in [0.5, 0.6) is 0 Å². The Labute approximate surface area is 203 Å². The molecule has 2 aromatic rings. The Morgan fingerprint density at radius 1 is 0.750 bits per heavy atom. The summed E-state index contributed by atoms with van der Waals surface area (Å²) in [6.07, 6.45) is 5.46. The molecule has 0 nitrogen and oxygen atoms in total. The molecule has 2 aliphatic rings. The monoisotopic (exact) mass is 516 g/mol. The molecule has 0 saturated heterocycles. The average Bonchev–Trinajstić information content (AvgIpc) is 3.28. The van der Waals surface area contributed by atoms with Crippen LogP contribution in [0.25, 0.3) is 5.57 Å². The number of fused-ring (bicyclic) bond motifs is 1. The number of allylic oxidation sites excluding steroid dienone is 5. The summed E-state index contributed by atoms with van der Waals surface area (Å²) in [6, 6.07) is 23.5. The molecule has 32 heavy (non-hydrogen) atoms. The maximum atomic E-state index is 2.74. The number of rotatable bonds is 7. The van der Waals surface area contributed by atoms with E-state index in [1.54, 1.807) is 27.9 Å². The Hall–Kier alpha value is -1.24. The van der Waals surface area contributed by atoms with Gasteiger partial charge >= 0.3 is 205 Å². The van der Waals surface area contributed by atoms with Crippen LogP contribution in [-0.2, 0) is 20.4 Å². The van der Waals surface area contributed by atoms with Crippen molar-refractivity contribution < 1.29 is 20.4 Å². The molecule has 166 valence electrons. The van der Waals surface area contributed by atoms with E-state index >= 15 is 0 Å². The first-order chi connectivity index (χ1) is 15.5. The normalized spacial score (nSPS) is 18.3. The van der Waals surface area contributed by atoms with Crippen molar-refractivity contribution in [1.29, 1.82) is 0 Å². The third-order valence-electron chi connectivity index (χ3n) is 7.77. The Balaban J connectivity index is 1.97. The first-order valence-electron chi connectivity index (χ1n) is 12.4. The fourth-order valence-electron chi connectivity index (χ4n) is 5.92. The van der Waals surface area contributed by atoms with Crippen LogP contribution >= 0.6 is 0 Å². The van der Waals surface area contributed by atoms with Crippen molar-refractivity contribution in [2.45, 2.75) is 73.7 Å². The average molecular weight is 518 g/mol. The Morgan fingerprint density at radius 3 is 1.91 bits per heavy atom. The van der Waals surface area contributed by atoms with Gasteiger partial charge in [-0.3, -0.25) is 0 Å². The Bertz CT molecular complexity index is 1100. The van der Waals surface area contributed by atoms with Crippen LogP contribution in [0.4, 0.5) is 0 Å². The summed E-state index contributed by atoms with van der Waals surface area (Å²) in [4.78, 5) is 0. The van der Waals surface area contributed by atoms with Crippen LogP contribution in [-0.4, -0.2) is 5.43 Å². The summed E-state index contributed by atoms with van der Waals surface area (Å²) >= 11 is -1.96. The van der Waals surface area contributed by atoms with Gasteiger partial charge in [0, 0.05) is 0 Å². The van der Waals surface area contributed by atoms with Crippen LogP contribution in [0.15, 0.2) is 83.0 Å². The van der Waals surface area contributed by atoms with E-state index in [4.69, 9.17) is 0 Å². The molecule has 0 spiro atoms. The van der Waals surface area contributed by atoms with Crippen molar-refractivity contribution in [3.05, 3.63) is 99.7 Å². The topological polar surface area (TPSA) is 0 Å². The third-order valence-corrected chi connectivity index (χ3v) is 30.5. The minimum absolute atomic E-state index is 0.325. The fourth-order valence-corrected chi connectivity index (χ4v) is 33.5. The molecule has 1 unspecified atom stereocenters. The molecule has 2 aromatic carbocycles. The molecule has 0 amide bonds. The van der Waals surface area contributed by atoms with Gasteiger partial charge < -0.3 is 0 Å². The van der Waals surface area contributed by atoms with Crippen molar-refractivity contribution in [2.24, 2.45) is 0 Å². The van der Waals surface area contributed by atoms with Gasteiger partial charge in [-0.05, 0) is 0 Å². The van der Waals surface area contributed by atoms with Crippen molar-refractivity contribution >= 4 is 11.0 Å². The van der Waals surface area contributed by atoms with Crippen LogP contribution < -0.4 is 0 Å². The predicted molar refractivity (Wildman–Crippen MR) is 139 cm³/mol. The zero-order valence-electron chi connectivity index (χ0n) is 20.8. The van der Waals surface area contributed by atoms with Gasteiger partial charge in [-0.15, -0.1) is 0 Å². The molecule has 0 heterocycles. The second-order valence-electron chi connectivity index (χ2n) is 9.62. The predicted octanol–water partition coefficient (Wildman–Crippen LogP) is 9.08. The second-order valence-corrected chi connectivity index (χ2v) is 25.6. The van der Waals surface area contributed by atoms with Gasteiger partial charge in [-0.25, -0.2) is 0 Å². The maximum absolute atomic E-state index is 2.74. The van der Waals surface area contributed by atoms with E-state index < -0.39 is 20.4 Å². The summed E-state index contributed by atoms with van der Waals surface area (Å²) in [6.45, 7) is 14.6. The van der Waals surface area contributed by atoms with E-state index in [2.05, 4.69) is 102 Å². The SMILES string of the molecule is CCC[Si](CCC)=[Zr]([CH]1C(C)=C(C)C(C)=C1C)[CH]1C=C(c2ccccc2)c2ccccc21. The van der Waals surface area contributed by atoms with Gasteiger partial charge in [-0.2, -0.15) is 0 Å². The molecule has 0 aliphatic heterocycles. The first kappa shape index (κ1) is 23.9. The second kappa shape index (κ2) is 10.4. The van der Waals surface area contributed by atoms with E-state index in [9.17, 15) is 0 Å². The summed E-state index contributed by atoms with van der Waals surface area (Å²) in [5.74, 6) is 0. The molecule has 1 atom stereocenters. The minimum atomic E-state index is -1.96. The van der Waals surface area contributed by atoms with Crippen molar-refractivity contribution in [1.82, 2.24) is 0 Å². The van der Waals surface area contributed by atoms with Gasteiger partial charge in [-0.1, -0.05) is 0 Å². The molecule has 2 aliphatic carbocycles. The Kier molecular flexibility index (Phi) is 7.73. The van der Waals surface area contributed by atoms with Gasteiger partial charge in [0.15, 0.2) is 0 Å². The third kappa shape index (κ3) is 4.30. The molecule has 2 heteroatoms. The van der Waals surface area contributed by atoms with Crippen LogP contribution in [0, 0.1) is 0 Å². The molecule has 0 aromatic heterocycles. The van der Waals surface area contributed by atoms with Crippen molar-refractivity contribution in [3.8, 4) is 0 Å². The van der Waals surface area contributed by atoms with Crippen LogP contribution in [0.3, 0.4) is 0 Å². The van der Waals surface area contributed by atoms with Crippen molar-refractivity contribution in [2.75, 3.05) is 0 Å². The van der Waals surface area contributed by atoms with E-state index in [1.165, 1.54) is 41.6 Å². The van der Waals surface area contributed by atoms with Crippen LogP contribution in [0.2, 0.25) is 15.7 Å². The fraction of sp³-hybridized carbons (Fsp3) is 0.400. The van der Waals surface area contributed by atoms with E-state index in [0.29, 0.717) is 3.63 Å². The first-order valence-corrected chi connectivity index (χ1v) is 20.9. The molecule has 0 N–H and O–H groups in total. The standard InChI is InChI=1S/C15H11.C9H13.C6H14Si.Zr/c1-2-6-12(7-3-1)15-11-10-13-8-4-5-9-14(13)15;1-6-5-7(2)9(4)8(6)3;1-3-5-7-6-4-2;/h1-11H;5H,1-4H3;3-6H2,1-2H3;. The summed E-state index contributed by atoms with van der Waals surface area (Å²) in [5, 5.41) is 0. The van der Waals surface area contributed by atoms with E-state index in [1.807, 2.05) is 0 Å². The summed E-state index contributed by atoms with van der Waals surface area (Å²) in [5.41, 5.74) is 12.4. The summed E-state index contributed by atoms with van der Waals surface area (Å²) in [7, 11) is 0. The molecule has 0 bridgehead atoms. The number of hydrogen-bond acceptors (Lipinski definition) is 0. The van der Waals surface area contributed by atoms with E-state index in [-0.39, 0.29) is 5.43 Å².